The molecule has 1 aromatic rings. The number of nitrogens with zero attached hydrogens (tertiary/aromatic N) is 4. The maximum atomic E-state index is 10.3. The van der Waals surface area contributed by atoms with Gasteiger partial charge in [0.05, 0.1) is 15.9 Å². The van der Waals surface area contributed by atoms with E-state index < -0.39 is 9.85 Å². The van der Waals surface area contributed by atoms with Gasteiger partial charge in [-0.2, -0.15) is 0 Å². The number of benzene rings is 1. The van der Waals surface area contributed by atoms with Gasteiger partial charge in [-0.15, -0.1) is 0 Å². The highest BCUT2D eigenvalue weighted by Gasteiger charge is 2.14. The fourth-order valence-corrected chi connectivity index (χ4v) is 1.24. The highest BCUT2D eigenvalue weighted by molar-refractivity contribution is 9.10. The van der Waals surface area contributed by atoms with Gasteiger partial charge in [-0.05, 0) is 0 Å². The van der Waals surface area contributed by atoms with Gasteiger partial charge in [0.1, 0.15) is 0 Å². The Morgan fingerprint density at radius 2 is 1.33 bits per heavy atom. The van der Waals surface area contributed by atoms with Gasteiger partial charge in [-0.1, -0.05) is 15.9 Å². The first-order valence-electron chi connectivity index (χ1n) is 3.30. The van der Waals surface area contributed by atoms with Gasteiger partial charge >= 0.3 is 0 Å². The smallest absolute Gasteiger partial charge is 0.258 e. The van der Waals surface area contributed by atoms with E-state index in [-0.39, 0.29) is 11.4 Å². The third kappa shape index (κ3) is 3.65. The quantitative estimate of drug-likeness (QED) is 0.461. The van der Waals surface area contributed by atoms with Crippen molar-refractivity contribution in [1.82, 2.24) is 0 Å². The fourth-order valence-electron chi connectivity index (χ4n) is 0.770. The molecule has 0 aliphatic heterocycles. The molecule has 0 spiro atoms. The molecule has 9 heteroatoms. The van der Waals surface area contributed by atoms with Gasteiger partial charge < -0.3 is 0 Å². The van der Waals surface area contributed by atoms with Crippen molar-refractivity contribution < 1.29 is 9.85 Å². The maximum absolute atomic E-state index is 10.3. The largest absolute Gasteiger partial charge is 0.277 e. The number of non-ortho nitro benzene ring substituents is 2. The number of nitro benzene ring substituents is 2. The van der Waals surface area contributed by atoms with Gasteiger partial charge in [-0.3, -0.25) is 20.2 Å². The number of rotatable bonds is 2. The van der Waals surface area contributed by atoms with E-state index in [4.69, 9.17) is 10.8 Å². The van der Waals surface area contributed by atoms with E-state index in [1.54, 1.807) is 0 Å². The van der Waals surface area contributed by atoms with Crippen molar-refractivity contribution in [3.05, 3.63) is 42.9 Å². The Balaban J connectivity index is 0.000000921. The maximum Gasteiger partial charge on any atom is 0.277 e. The Hall–Kier alpha value is -2.08. The lowest BCUT2D eigenvalue weighted by Gasteiger charge is -1.93. The lowest BCUT2D eigenvalue weighted by Crippen LogP contribution is -1.92. The first kappa shape index (κ1) is 12.9. The molecule has 78 valence electrons. The van der Waals surface area contributed by atoms with Crippen molar-refractivity contribution in [2.24, 2.45) is 0 Å². The molecule has 0 radical (unpaired) electrons. The molecule has 1 rings (SSSR count). The van der Waals surface area contributed by atoms with Crippen LogP contribution in [0.1, 0.15) is 0 Å². The Labute approximate surface area is 91.4 Å². The van der Waals surface area contributed by atoms with Crippen LogP contribution < -0.4 is 0 Å². The minimum absolute atomic E-state index is 0.305. The van der Waals surface area contributed by atoms with E-state index in [1.165, 1.54) is 12.1 Å². The van der Waals surface area contributed by atoms with Crippen LogP contribution in [0.3, 0.4) is 0 Å². The Kier molecular flexibility index (Phi) is 4.83. The summed E-state index contributed by atoms with van der Waals surface area (Å²) in [5.41, 5.74) is -0.609. The van der Waals surface area contributed by atoms with Crippen LogP contribution >= 0.6 is 15.9 Å². The van der Waals surface area contributed by atoms with Crippen LogP contribution in [0.2, 0.25) is 0 Å². The second kappa shape index (κ2) is 5.61. The summed E-state index contributed by atoms with van der Waals surface area (Å²) >= 11 is 2.94. The first-order chi connectivity index (χ1) is 7.00. The van der Waals surface area contributed by atoms with E-state index in [9.17, 15) is 20.2 Å². The molecule has 0 N–H and O–H groups in total. The molecule has 0 saturated carbocycles. The van der Waals surface area contributed by atoms with Crippen molar-refractivity contribution in [3.8, 4) is 0 Å². The highest BCUT2D eigenvalue weighted by Crippen LogP contribution is 2.25. The summed E-state index contributed by atoms with van der Waals surface area (Å²) in [5.74, 6) is 0. The van der Waals surface area contributed by atoms with Crippen LogP contribution in [0.25, 0.3) is 0 Å². The summed E-state index contributed by atoms with van der Waals surface area (Å²) in [6, 6.07) is 3.31. The molecule has 0 bridgehead atoms. The van der Waals surface area contributed by atoms with E-state index in [2.05, 4.69) is 15.9 Å². The van der Waals surface area contributed by atoms with E-state index in [0.29, 0.717) is 4.47 Å². The van der Waals surface area contributed by atoms with Crippen molar-refractivity contribution >= 4 is 27.3 Å². The molecule has 0 saturated heterocycles. The number of nitro groups is 2. The Bertz CT molecular complexity index is 387. The average Bonchev–Trinajstić information content (AvgIpc) is 2.19. The van der Waals surface area contributed by atoms with Crippen LogP contribution in [0.4, 0.5) is 11.4 Å². The minimum atomic E-state index is -0.683. The fraction of sp³-hybridized carbons (Fsp3) is 0. The summed E-state index contributed by atoms with van der Waals surface area (Å²) in [5, 5.41) is 32.6. The third-order valence-electron chi connectivity index (χ3n) is 1.29. The first-order valence-corrected chi connectivity index (χ1v) is 4.09. The molecule has 0 aliphatic rings. The molecule has 0 aliphatic carbocycles. The van der Waals surface area contributed by atoms with Crippen LogP contribution in [0.15, 0.2) is 22.7 Å². The predicted molar refractivity (Wildman–Crippen MR) is 50.9 cm³/mol. The molecule has 0 amide bonds. The summed E-state index contributed by atoms with van der Waals surface area (Å²) in [4.78, 5) is 19.2. The van der Waals surface area contributed by atoms with Crippen LogP contribution in [-0.4, -0.2) is 9.85 Å². The monoisotopic (exact) mass is 274 g/mol. The number of hydrogen-bond acceptors (Lipinski definition) is 6. The van der Waals surface area contributed by atoms with Crippen LogP contribution in [0, 0.1) is 31.0 Å². The lowest BCUT2D eigenvalue weighted by molar-refractivity contribution is -0.394. The number of halogens is 1. The SMILES string of the molecule is N#N.O=[N+]([O-])c1cc(Br)cc([N+](=O)[O-])c1. The van der Waals surface area contributed by atoms with Crippen LogP contribution in [-0.2, 0) is 0 Å². The zero-order valence-corrected chi connectivity index (χ0v) is 8.62. The Morgan fingerprint density at radius 1 is 1.00 bits per heavy atom. The second-order valence-corrected chi connectivity index (χ2v) is 3.10. The molecule has 0 aromatic heterocycles. The summed E-state index contributed by atoms with van der Waals surface area (Å²) in [7, 11) is 0. The van der Waals surface area contributed by atoms with Crippen molar-refractivity contribution in [2.75, 3.05) is 0 Å². The van der Waals surface area contributed by atoms with Gasteiger partial charge in [0, 0.05) is 27.4 Å². The zero-order chi connectivity index (χ0) is 12.0. The molecule has 0 unspecified atom stereocenters. The van der Waals surface area contributed by atoms with Gasteiger partial charge in [0.15, 0.2) is 0 Å². The molecular weight excluding hydrogens is 272 g/mol. The standard InChI is InChI=1S/C6H3BrN2O4.N2/c7-4-1-5(8(10)11)3-6(2-4)9(12)13;1-2/h1-3H;. The molecule has 1 aromatic carbocycles. The summed E-state index contributed by atoms with van der Waals surface area (Å²) < 4.78 is 0.313. The summed E-state index contributed by atoms with van der Waals surface area (Å²) in [6.07, 6.45) is 0. The van der Waals surface area contributed by atoms with E-state index in [1.807, 2.05) is 0 Å². The normalized spacial score (nSPS) is 8.47. The van der Waals surface area contributed by atoms with Crippen molar-refractivity contribution in [3.63, 3.8) is 0 Å². The predicted octanol–water partition coefficient (Wildman–Crippen LogP) is 2.30. The molecular formula is C6H3BrN4O4. The topological polar surface area (TPSA) is 134 Å². The third-order valence-corrected chi connectivity index (χ3v) is 1.75. The zero-order valence-electron chi connectivity index (χ0n) is 7.03. The molecule has 8 nitrogen and oxygen atoms in total. The second-order valence-electron chi connectivity index (χ2n) is 2.18. The molecule has 0 fully saturated rings. The van der Waals surface area contributed by atoms with Gasteiger partial charge in [0.2, 0.25) is 0 Å². The number of hydrogen-bond donors (Lipinski definition) is 0. The van der Waals surface area contributed by atoms with E-state index >= 15 is 0 Å². The molecule has 15 heavy (non-hydrogen) atoms. The highest BCUT2D eigenvalue weighted by atomic mass is 79.9. The lowest BCUT2D eigenvalue weighted by atomic mass is 10.3. The van der Waals surface area contributed by atoms with Gasteiger partial charge in [0.25, 0.3) is 11.4 Å². The molecule has 0 atom stereocenters. The summed E-state index contributed by atoms with van der Waals surface area (Å²) in [6.45, 7) is 0. The average molecular weight is 275 g/mol. The Morgan fingerprint density at radius 3 is 1.60 bits per heavy atom. The van der Waals surface area contributed by atoms with Crippen LogP contribution in [0.5, 0.6) is 0 Å². The van der Waals surface area contributed by atoms with Crippen molar-refractivity contribution in [2.45, 2.75) is 0 Å². The minimum Gasteiger partial charge on any atom is -0.258 e. The van der Waals surface area contributed by atoms with E-state index in [0.717, 1.165) is 6.07 Å². The molecule has 0 heterocycles. The van der Waals surface area contributed by atoms with Crippen molar-refractivity contribution in [1.29, 1.82) is 10.8 Å². The van der Waals surface area contributed by atoms with Gasteiger partial charge in [-0.25, -0.2) is 0 Å².